The summed E-state index contributed by atoms with van der Waals surface area (Å²) < 4.78 is 5.71. The van der Waals surface area contributed by atoms with Crippen molar-refractivity contribution in [3.05, 3.63) is 24.3 Å². The lowest BCUT2D eigenvalue weighted by molar-refractivity contribution is -0.138. The van der Waals surface area contributed by atoms with E-state index in [0.29, 0.717) is 0 Å². The number of nitrogens with zero attached hydrogens (tertiary/aromatic N) is 1. The van der Waals surface area contributed by atoms with Crippen LogP contribution in [0.2, 0.25) is 0 Å². The molecule has 0 aliphatic carbocycles. The number of hydrogen-bond donors (Lipinski definition) is 1. The number of amides is 1. The van der Waals surface area contributed by atoms with E-state index in [2.05, 4.69) is 5.32 Å². The smallest absolute Gasteiger partial charge is 0.263 e. The highest BCUT2D eigenvalue weighted by molar-refractivity contribution is 7.98. The fraction of sp³-hybridized carbons (Fsp3) is 0.500. The molecule has 0 spiro atoms. The number of carbonyl (C=O) groups is 1. The Hall–Kier alpha value is -1.20. The minimum Gasteiger partial charge on any atom is -0.481 e. The summed E-state index contributed by atoms with van der Waals surface area (Å²) in [5.41, 5.74) is 0. The van der Waals surface area contributed by atoms with Gasteiger partial charge >= 0.3 is 0 Å². The predicted octanol–water partition coefficient (Wildman–Crippen LogP) is 1.61. The fourth-order valence-electron chi connectivity index (χ4n) is 2.05. The zero-order valence-corrected chi connectivity index (χ0v) is 12.2. The average molecular weight is 280 g/mol. The summed E-state index contributed by atoms with van der Waals surface area (Å²) in [5, 5.41) is 3.23. The molecule has 0 radical (unpaired) electrons. The van der Waals surface area contributed by atoms with Gasteiger partial charge in [-0.15, -0.1) is 11.8 Å². The number of carbonyl (C=O) groups excluding carboxylic acids is 1. The second kappa shape index (κ2) is 6.82. The van der Waals surface area contributed by atoms with Gasteiger partial charge in [0.2, 0.25) is 0 Å². The lowest BCUT2D eigenvalue weighted by Gasteiger charge is -2.29. The Morgan fingerprint density at radius 1 is 1.32 bits per heavy atom. The molecule has 1 aliphatic rings. The summed E-state index contributed by atoms with van der Waals surface area (Å²) in [6.45, 7) is 5.06. The number of benzene rings is 1. The number of piperazine rings is 1. The van der Waals surface area contributed by atoms with Gasteiger partial charge < -0.3 is 15.0 Å². The summed E-state index contributed by atoms with van der Waals surface area (Å²) >= 11 is 1.69. The van der Waals surface area contributed by atoms with Crippen LogP contribution in [0.25, 0.3) is 0 Å². The Kier molecular flexibility index (Phi) is 5.10. The van der Waals surface area contributed by atoms with Crippen molar-refractivity contribution in [3.8, 4) is 5.75 Å². The van der Waals surface area contributed by atoms with Gasteiger partial charge in [0.25, 0.3) is 5.91 Å². The van der Waals surface area contributed by atoms with E-state index in [1.165, 1.54) is 4.90 Å². The van der Waals surface area contributed by atoms with Gasteiger partial charge in [-0.25, -0.2) is 0 Å². The van der Waals surface area contributed by atoms with Crippen LogP contribution in [0.4, 0.5) is 0 Å². The number of thioether (sulfide) groups is 1. The highest BCUT2D eigenvalue weighted by Gasteiger charge is 2.23. The van der Waals surface area contributed by atoms with Crippen molar-refractivity contribution in [2.24, 2.45) is 0 Å². The SMILES string of the molecule is CSc1ccc(OC(C)C(=O)N2CCNCC2)cc1. The second-order valence-corrected chi connectivity index (χ2v) is 5.39. The minimum atomic E-state index is -0.432. The Balaban J connectivity index is 1.91. The molecule has 4 nitrogen and oxygen atoms in total. The predicted molar refractivity (Wildman–Crippen MR) is 77.8 cm³/mol. The van der Waals surface area contributed by atoms with Crippen LogP contribution in [-0.2, 0) is 4.79 Å². The molecule has 1 aliphatic heterocycles. The van der Waals surface area contributed by atoms with Gasteiger partial charge in [0, 0.05) is 31.1 Å². The van der Waals surface area contributed by atoms with Gasteiger partial charge in [0.15, 0.2) is 6.10 Å². The summed E-state index contributed by atoms with van der Waals surface area (Å²) in [6, 6.07) is 7.82. The third-order valence-corrected chi connectivity index (χ3v) is 3.89. The molecule has 1 unspecified atom stereocenters. The lowest BCUT2D eigenvalue weighted by atomic mass is 10.3. The van der Waals surface area contributed by atoms with Gasteiger partial charge in [-0.1, -0.05) is 0 Å². The van der Waals surface area contributed by atoms with Gasteiger partial charge in [-0.2, -0.15) is 0 Å². The molecular formula is C14H20N2O2S. The van der Waals surface area contributed by atoms with E-state index in [-0.39, 0.29) is 5.91 Å². The third-order valence-electron chi connectivity index (χ3n) is 3.15. The largest absolute Gasteiger partial charge is 0.481 e. The van der Waals surface area contributed by atoms with Crippen LogP contribution >= 0.6 is 11.8 Å². The summed E-state index contributed by atoms with van der Waals surface area (Å²) in [5.74, 6) is 0.809. The first-order valence-electron chi connectivity index (χ1n) is 6.51. The van der Waals surface area contributed by atoms with E-state index >= 15 is 0 Å². The molecule has 1 aromatic carbocycles. The molecule has 5 heteroatoms. The van der Waals surface area contributed by atoms with Crippen LogP contribution in [0.1, 0.15) is 6.92 Å². The highest BCUT2D eigenvalue weighted by Crippen LogP contribution is 2.20. The molecule has 1 fully saturated rings. The van der Waals surface area contributed by atoms with Crippen molar-refractivity contribution in [3.63, 3.8) is 0 Å². The van der Waals surface area contributed by atoms with Crippen LogP contribution in [0.15, 0.2) is 29.2 Å². The third kappa shape index (κ3) is 3.88. The first-order valence-corrected chi connectivity index (χ1v) is 7.73. The molecule has 1 heterocycles. The lowest BCUT2D eigenvalue weighted by Crippen LogP contribution is -2.50. The molecule has 1 atom stereocenters. The highest BCUT2D eigenvalue weighted by atomic mass is 32.2. The van der Waals surface area contributed by atoms with Crippen LogP contribution in [0.5, 0.6) is 5.75 Å². The van der Waals surface area contributed by atoms with Crippen LogP contribution in [0, 0.1) is 0 Å². The second-order valence-electron chi connectivity index (χ2n) is 4.51. The van der Waals surface area contributed by atoms with Crippen LogP contribution < -0.4 is 10.1 Å². The molecule has 0 aromatic heterocycles. The summed E-state index contributed by atoms with van der Waals surface area (Å²) in [6.07, 6.45) is 1.60. The van der Waals surface area contributed by atoms with Gasteiger partial charge in [0.05, 0.1) is 0 Å². The van der Waals surface area contributed by atoms with E-state index < -0.39 is 6.10 Å². The molecule has 0 bridgehead atoms. The van der Waals surface area contributed by atoms with Crippen molar-refractivity contribution in [2.75, 3.05) is 32.4 Å². The number of nitrogens with one attached hydrogen (secondary N) is 1. The van der Waals surface area contributed by atoms with Crippen LogP contribution in [0.3, 0.4) is 0 Å². The van der Waals surface area contributed by atoms with E-state index in [0.717, 1.165) is 31.9 Å². The zero-order valence-electron chi connectivity index (χ0n) is 11.4. The molecule has 1 amide bonds. The molecule has 104 valence electrons. The Morgan fingerprint density at radius 2 is 1.95 bits per heavy atom. The molecule has 2 rings (SSSR count). The summed E-state index contributed by atoms with van der Waals surface area (Å²) in [4.78, 5) is 15.2. The Bertz CT molecular complexity index is 416. The molecular weight excluding hydrogens is 260 g/mol. The van der Waals surface area contributed by atoms with Crippen LogP contribution in [-0.4, -0.2) is 49.3 Å². The van der Waals surface area contributed by atoms with Crippen molar-refractivity contribution in [2.45, 2.75) is 17.9 Å². The Labute approximate surface area is 118 Å². The van der Waals surface area contributed by atoms with E-state index in [1.807, 2.05) is 42.3 Å². The number of rotatable bonds is 4. The van der Waals surface area contributed by atoms with Crippen molar-refractivity contribution >= 4 is 17.7 Å². The summed E-state index contributed by atoms with van der Waals surface area (Å²) in [7, 11) is 0. The van der Waals surface area contributed by atoms with Crippen molar-refractivity contribution < 1.29 is 9.53 Å². The first kappa shape index (κ1) is 14.2. The minimum absolute atomic E-state index is 0.0652. The molecule has 19 heavy (non-hydrogen) atoms. The van der Waals surface area contributed by atoms with E-state index in [9.17, 15) is 4.79 Å². The monoisotopic (exact) mass is 280 g/mol. The quantitative estimate of drug-likeness (QED) is 0.851. The molecule has 0 saturated carbocycles. The Morgan fingerprint density at radius 3 is 2.53 bits per heavy atom. The van der Waals surface area contributed by atoms with E-state index in [1.54, 1.807) is 11.8 Å². The van der Waals surface area contributed by atoms with Gasteiger partial charge in [-0.3, -0.25) is 4.79 Å². The normalized spacial score (nSPS) is 17.1. The average Bonchev–Trinajstić information content (AvgIpc) is 2.48. The molecule has 1 N–H and O–H groups in total. The first-order chi connectivity index (χ1) is 9.20. The standard InChI is InChI=1S/C14H20N2O2S/c1-11(14(17)16-9-7-15-8-10-16)18-12-3-5-13(19-2)6-4-12/h3-6,11,15H,7-10H2,1-2H3. The van der Waals surface area contributed by atoms with Crippen molar-refractivity contribution in [1.82, 2.24) is 10.2 Å². The molecule has 1 saturated heterocycles. The maximum atomic E-state index is 12.2. The maximum absolute atomic E-state index is 12.2. The number of hydrogen-bond acceptors (Lipinski definition) is 4. The molecule has 1 aromatic rings. The van der Waals surface area contributed by atoms with Crippen molar-refractivity contribution in [1.29, 1.82) is 0 Å². The maximum Gasteiger partial charge on any atom is 0.263 e. The fourth-order valence-corrected chi connectivity index (χ4v) is 2.46. The topological polar surface area (TPSA) is 41.6 Å². The van der Waals surface area contributed by atoms with E-state index in [4.69, 9.17) is 4.74 Å². The van der Waals surface area contributed by atoms with Gasteiger partial charge in [0.1, 0.15) is 5.75 Å². The zero-order chi connectivity index (χ0) is 13.7. The number of ether oxygens (including phenoxy) is 1. The van der Waals surface area contributed by atoms with Gasteiger partial charge in [-0.05, 0) is 37.4 Å².